The molecule has 0 aliphatic carbocycles. The van der Waals surface area contributed by atoms with Gasteiger partial charge in [-0.3, -0.25) is 14.9 Å². The van der Waals surface area contributed by atoms with E-state index in [1.165, 1.54) is 13.1 Å². The number of nitrogens with one attached hydrogen (secondary N) is 1. The van der Waals surface area contributed by atoms with Crippen LogP contribution in [0.5, 0.6) is 0 Å². The number of aromatic amines is 1. The number of hydrogen-bond donors (Lipinski definition) is 2. The normalized spacial score (nSPS) is 35.2. The highest BCUT2D eigenvalue weighted by Gasteiger charge is 2.34. The lowest BCUT2D eigenvalue weighted by Gasteiger charge is -2.46. The predicted octanol–water partition coefficient (Wildman–Crippen LogP) is -0.503. The topological polar surface area (TPSA) is 74.1 Å². The van der Waals surface area contributed by atoms with Gasteiger partial charge in [-0.1, -0.05) is 0 Å². The van der Waals surface area contributed by atoms with Crippen LogP contribution in [0.15, 0.2) is 0 Å². The van der Waals surface area contributed by atoms with E-state index in [1.807, 2.05) is 6.92 Å². The molecule has 1 aromatic heterocycles. The van der Waals surface area contributed by atoms with Crippen molar-refractivity contribution in [2.24, 2.45) is 5.73 Å². The minimum atomic E-state index is -0.0962. The molecule has 0 aromatic carbocycles. The van der Waals surface area contributed by atoms with Gasteiger partial charge in [0, 0.05) is 32.7 Å². The van der Waals surface area contributed by atoms with E-state index in [2.05, 4.69) is 25.0 Å². The first kappa shape index (κ1) is 10.2. The highest BCUT2D eigenvalue weighted by Crippen LogP contribution is 2.26. The molecule has 2 atom stereocenters. The van der Waals surface area contributed by atoms with Crippen LogP contribution in [0.3, 0.4) is 0 Å². The van der Waals surface area contributed by atoms with E-state index in [4.69, 9.17) is 5.73 Å². The van der Waals surface area contributed by atoms with E-state index >= 15 is 0 Å². The van der Waals surface area contributed by atoms with E-state index < -0.39 is 0 Å². The van der Waals surface area contributed by atoms with Crippen LogP contribution in [-0.4, -0.2) is 57.7 Å². The van der Waals surface area contributed by atoms with Crippen LogP contribution < -0.4 is 5.73 Å². The number of aromatic nitrogens is 3. The zero-order valence-electron chi connectivity index (χ0n) is 9.56. The fraction of sp³-hybridized carbons (Fsp3) is 0.800. The molecule has 0 amide bonds. The molecule has 1 aromatic rings. The second-order valence-corrected chi connectivity index (χ2v) is 4.72. The first-order valence-corrected chi connectivity index (χ1v) is 5.88. The van der Waals surface area contributed by atoms with Gasteiger partial charge >= 0.3 is 0 Å². The number of piperazine rings is 3. The molecular weight excluding hydrogens is 204 g/mol. The third kappa shape index (κ3) is 1.63. The summed E-state index contributed by atoms with van der Waals surface area (Å²) >= 11 is 0. The maximum Gasteiger partial charge on any atom is 0.167 e. The van der Waals surface area contributed by atoms with Crippen molar-refractivity contribution in [1.29, 1.82) is 0 Å². The molecule has 4 heterocycles. The molecule has 2 unspecified atom stereocenters. The molecule has 3 saturated heterocycles. The number of H-pyrrole nitrogens is 1. The van der Waals surface area contributed by atoms with Crippen molar-refractivity contribution in [2.45, 2.75) is 19.0 Å². The van der Waals surface area contributed by atoms with Crippen LogP contribution in [0.4, 0.5) is 0 Å². The summed E-state index contributed by atoms with van der Waals surface area (Å²) in [6.45, 7) is 7.62. The van der Waals surface area contributed by atoms with Crippen molar-refractivity contribution in [3.05, 3.63) is 11.6 Å². The maximum atomic E-state index is 5.76. The summed E-state index contributed by atoms with van der Waals surface area (Å²) in [6.07, 6.45) is 0. The van der Waals surface area contributed by atoms with E-state index in [0.29, 0.717) is 11.9 Å². The summed E-state index contributed by atoms with van der Waals surface area (Å²) < 4.78 is 0. The highest BCUT2D eigenvalue weighted by molar-refractivity contribution is 5.04. The monoisotopic (exact) mass is 222 g/mol. The number of fused-ring (bicyclic) bond motifs is 3. The number of hydrogen-bond acceptors (Lipinski definition) is 5. The van der Waals surface area contributed by atoms with Gasteiger partial charge in [0.15, 0.2) is 5.82 Å². The minimum absolute atomic E-state index is 0.0962. The van der Waals surface area contributed by atoms with E-state index in [9.17, 15) is 0 Å². The lowest BCUT2D eigenvalue weighted by atomic mass is 10.1. The average molecular weight is 222 g/mol. The number of nitrogens with zero attached hydrogens (tertiary/aromatic N) is 4. The summed E-state index contributed by atoms with van der Waals surface area (Å²) in [5.41, 5.74) is 5.76. The number of rotatable bonds is 2. The molecule has 3 aliphatic heterocycles. The van der Waals surface area contributed by atoms with Crippen molar-refractivity contribution in [3.8, 4) is 0 Å². The molecule has 2 bridgehead atoms. The van der Waals surface area contributed by atoms with Crippen LogP contribution in [0.25, 0.3) is 0 Å². The van der Waals surface area contributed by atoms with Crippen LogP contribution in [0, 0.1) is 0 Å². The molecule has 6 nitrogen and oxygen atoms in total. The van der Waals surface area contributed by atoms with Gasteiger partial charge in [0.05, 0.1) is 12.1 Å². The van der Waals surface area contributed by atoms with Crippen LogP contribution in [0.2, 0.25) is 0 Å². The molecule has 3 N–H and O–H groups in total. The Morgan fingerprint density at radius 3 is 2.62 bits per heavy atom. The summed E-state index contributed by atoms with van der Waals surface area (Å²) in [4.78, 5) is 9.45. The zero-order chi connectivity index (χ0) is 11.1. The van der Waals surface area contributed by atoms with Gasteiger partial charge in [-0.2, -0.15) is 5.10 Å². The van der Waals surface area contributed by atoms with Crippen LogP contribution in [0.1, 0.15) is 30.7 Å². The Labute approximate surface area is 94.8 Å². The molecule has 88 valence electrons. The van der Waals surface area contributed by atoms with Crippen molar-refractivity contribution in [3.63, 3.8) is 0 Å². The number of nitrogens with two attached hydrogens (primary N) is 1. The second-order valence-electron chi connectivity index (χ2n) is 4.72. The van der Waals surface area contributed by atoms with E-state index in [0.717, 1.165) is 25.5 Å². The predicted molar refractivity (Wildman–Crippen MR) is 59.7 cm³/mol. The molecule has 16 heavy (non-hydrogen) atoms. The quantitative estimate of drug-likeness (QED) is 0.705. The Bertz CT molecular complexity index is 365. The summed E-state index contributed by atoms with van der Waals surface area (Å²) in [5, 5.41) is 7.20. The van der Waals surface area contributed by atoms with Crippen molar-refractivity contribution in [1.82, 2.24) is 25.0 Å². The van der Waals surface area contributed by atoms with Crippen molar-refractivity contribution in [2.75, 3.05) is 32.7 Å². The molecular formula is C10H18N6. The Morgan fingerprint density at radius 1 is 1.38 bits per heavy atom. The Hall–Kier alpha value is -0.980. The molecule has 0 saturated carbocycles. The standard InChI is InChI=1S/C10H18N6/c1-7(11)9-12-10(14-13-9)8-6-15-2-4-16(8)5-3-15/h7-8H,2-6,11H2,1H3,(H,12,13,14). The summed E-state index contributed by atoms with van der Waals surface area (Å²) in [7, 11) is 0. The van der Waals surface area contributed by atoms with Crippen LogP contribution >= 0.6 is 0 Å². The molecule has 0 radical (unpaired) electrons. The zero-order valence-corrected chi connectivity index (χ0v) is 9.56. The van der Waals surface area contributed by atoms with Gasteiger partial charge < -0.3 is 5.73 Å². The SMILES string of the molecule is CC(N)c1n[nH]c(C2CN3CCN2CC3)n1. The Balaban J connectivity index is 1.81. The van der Waals surface area contributed by atoms with Crippen LogP contribution in [-0.2, 0) is 0 Å². The first-order chi connectivity index (χ1) is 7.74. The fourth-order valence-electron chi connectivity index (χ4n) is 2.52. The average Bonchev–Trinajstić information content (AvgIpc) is 2.80. The summed E-state index contributed by atoms with van der Waals surface area (Å²) in [6, 6.07) is 0.281. The molecule has 3 fully saturated rings. The Morgan fingerprint density at radius 2 is 2.12 bits per heavy atom. The summed E-state index contributed by atoms with van der Waals surface area (Å²) in [5.74, 6) is 1.68. The van der Waals surface area contributed by atoms with Gasteiger partial charge in [0.2, 0.25) is 0 Å². The lowest BCUT2D eigenvalue weighted by molar-refractivity contribution is 0.00877. The minimum Gasteiger partial charge on any atom is -0.321 e. The van der Waals surface area contributed by atoms with Gasteiger partial charge in [0.1, 0.15) is 5.82 Å². The smallest absolute Gasteiger partial charge is 0.167 e. The van der Waals surface area contributed by atoms with E-state index in [-0.39, 0.29) is 6.04 Å². The van der Waals surface area contributed by atoms with Gasteiger partial charge in [-0.15, -0.1) is 0 Å². The van der Waals surface area contributed by atoms with Gasteiger partial charge in [-0.25, -0.2) is 4.98 Å². The largest absolute Gasteiger partial charge is 0.321 e. The molecule has 4 rings (SSSR count). The lowest BCUT2D eigenvalue weighted by Crippen LogP contribution is -2.57. The third-order valence-electron chi connectivity index (χ3n) is 3.52. The molecule has 0 spiro atoms. The molecule has 6 heteroatoms. The fourth-order valence-corrected chi connectivity index (χ4v) is 2.52. The first-order valence-electron chi connectivity index (χ1n) is 5.88. The van der Waals surface area contributed by atoms with Gasteiger partial charge in [-0.05, 0) is 6.92 Å². The van der Waals surface area contributed by atoms with Crippen molar-refractivity contribution < 1.29 is 0 Å². The maximum absolute atomic E-state index is 5.76. The molecule has 3 aliphatic rings. The third-order valence-corrected chi connectivity index (χ3v) is 3.52. The van der Waals surface area contributed by atoms with Gasteiger partial charge in [0.25, 0.3) is 0 Å². The second kappa shape index (κ2) is 3.80. The Kier molecular flexibility index (Phi) is 2.42. The van der Waals surface area contributed by atoms with Crippen molar-refractivity contribution >= 4 is 0 Å². The van der Waals surface area contributed by atoms with E-state index in [1.54, 1.807) is 0 Å². The highest BCUT2D eigenvalue weighted by atomic mass is 15.4.